The second-order valence-electron chi connectivity index (χ2n) is 3.84. The van der Waals surface area contributed by atoms with Crippen molar-refractivity contribution in [1.29, 1.82) is 0 Å². The Hall–Kier alpha value is -0.870. The Bertz CT molecular complexity index is 490. The Labute approximate surface area is 91.4 Å². The molecule has 0 saturated heterocycles. The van der Waals surface area contributed by atoms with Crippen molar-refractivity contribution >= 4 is 10.0 Å². The molecule has 0 bridgehead atoms. The van der Waals surface area contributed by atoms with Gasteiger partial charge in [-0.3, -0.25) is 0 Å². The standard InChI is InChI=1S/C11H17NO2S/c1-5-10-7(2)6-8(3)11(9(10)4)15(12,13)14/h6H,5H2,1-4H3,(H2,12,13,14). The Morgan fingerprint density at radius 2 is 1.73 bits per heavy atom. The van der Waals surface area contributed by atoms with Gasteiger partial charge in [-0.1, -0.05) is 13.0 Å². The number of benzene rings is 1. The van der Waals surface area contributed by atoms with Gasteiger partial charge >= 0.3 is 0 Å². The van der Waals surface area contributed by atoms with Crippen LogP contribution in [0.15, 0.2) is 11.0 Å². The molecule has 0 saturated carbocycles. The largest absolute Gasteiger partial charge is 0.238 e. The lowest BCUT2D eigenvalue weighted by Gasteiger charge is -2.14. The third-order valence-electron chi connectivity index (χ3n) is 2.70. The van der Waals surface area contributed by atoms with Crippen molar-refractivity contribution in [1.82, 2.24) is 0 Å². The average molecular weight is 227 g/mol. The highest BCUT2D eigenvalue weighted by Crippen LogP contribution is 2.25. The van der Waals surface area contributed by atoms with Crippen LogP contribution in [0.25, 0.3) is 0 Å². The van der Waals surface area contributed by atoms with Gasteiger partial charge in [-0.15, -0.1) is 0 Å². The van der Waals surface area contributed by atoms with Gasteiger partial charge in [0.05, 0.1) is 4.90 Å². The van der Waals surface area contributed by atoms with Crippen molar-refractivity contribution in [3.8, 4) is 0 Å². The molecule has 0 radical (unpaired) electrons. The van der Waals surface area contributed by atoms with E-state index in [4.69, 9.17) is 5.14 Å². The summed E-state index contributed by atoms with van der Waals surface area (Å²) >= 11 is 0. The first-order valence-electron chi connectivity index (χ1n) is 4.91. The number of sulfonamides is 1. The third-order valence-corrected chi connectivity index (χ3v) is 3.90. The molecule has 0 amide bonds. The van der Waals surface area contributed by atoms with Crippen molar-refractivity contribution in [2.45, 2.75) is 39.0 Å². The smallest absolute Gasteiger partial charge is 0.225 e. The van der Waals surface area contributed by atoms with Crippen molar-refractivity contribution < 1.29 is 8.42 Å². The normalized spacial score (nSPS) is 11.8. The Morgan fingerprint density at radius 3 is 2.13 bits per heavy atom. The first-order valence-corrected chi connectivity index (χ1v) is 6.46. The van der Waals surface area contributed by atoms with E-state index in [0.29, 0.717) is 0 Å². The number of hydrogen-bond donors (Lipinski definition) is 1. The Morgan fingerprint density at radius 1 is 1.20 bits per heavy atom. The van der Waals surface area contributed by atoms with Crippen LogP contribution in [-0.2, 0) is 16.4 Å². The molecule has 2 N–H and O–H groups in total. The average Bonchev–Trinajstić information content (AvgIpc) is 2.00. The number of rotatable bonds is 2. The monoisotopic (exact) mass is 227 g/mol. The number of hydrogen-bond acceptors (Lipinski definition) is 2. The van der Waals surface area contributed by atoms with Crippen LogP contribution in [0.5, 0.6) is 0 Å². The lowest BCUT2D eigenvalue weighted by atomic mass is 9.98. The highest BCUT2D eigenvalue weighted by Gasteiger charge is 2.18. The molecule has 0 spiro atoms. The summed E-state index contributed by atoms with van der Waals surface area (Å²) in [6.07, 6.45) is 0.820. The summed E-state index contributed by atoms with van der Waals surface area (Å²) in [6.45, 7) is 7.60. The minimum Gasteiger partial charge on any atom is -0.225 e. The maximum Gasteiger partial charge on any atom is 0.238 e. The van der Waals surface area contributed by atoms with Crippen LogP contribution in [0.2, 0.25) is 0 Å². The summed E-state index contributed by atoms with van der Waals surface area (Å²) in [4.78, 5) is 0.282. The van der Waals surface area contributed by atoms with Crippen LogP contribution in [0.1, 0.15) is 29.2 Å². The Balaban J connectivity index is 3.68. The van der Waals surface area contributed by atoms with Gasteiger partial charge in [-0.25, -0.2) is 13.6 Å². The second kappa shape index (κ2) is 3.94. The van der Waals surface area contributed by atoms with Crippen molar-refractivity contribution in [3.63, 3.8) is 0 Å². The molecule has 0 aromatic heterocycles. The second-order valence-corrected chi connectivity index (χ2v) is 5.34. The highest BCUT2D eigenvalue weighted by atomic mass is 32.2. The first kappa shape index (κ1) is 12.2. The van der Waals surface area contributed by atoms with E-state index in [-0.39, 0.29) is 4.90 Å². The van der Waals surface area contributed by atoms with Crippen LogP contribution in [-0.4, -0.2) is 8.42 Å². The van der Waals surface area contributed by atoms with Crippen LogP contribution in [0.4, 0.5) is 0 Å². The van der Waals surface area contributed by atoms with Gasteiger partial charge in [0.2, 0.25) is 10.0 Å². The summed E-state index contributed by atoms with van der Waals surface area (Å²) in [5.41, 5.74) is 3.71. The molecular weight excluding hydrogens is 210 g/mol. The molecule has 0 aliphatic heterocycles. The minimum atomic E-state index is -3.61. The summed E-state index contributed by atoms with van der Waals surface area (Å²) in [5.74, 6) is 0. The van der Waals surface area contributed by atoms with Crippen molar-refractivity contribution in [3.05, 3.63) is 28.3 Å². The Kier molecular flexibility index (Phi) is 3.21. The molecular formula is C11H17NO2S. The maximum absolute atomic E-state index is 11.4. The van der Waals surface area contributed by atoms with Gasteiger partial charge in [0, 0.05) is 0 Å². The fourth-order valence-electron chi connectivity index (χ4n) is 2.19. The highest BCUT2D eigenvalue weighted by molar-refractivity contribution is 7.89. The van der Waals surface area contributed by atoms with Gasteiger partial charge in [0.25, 0.3) is 0 Å². The minimum absolute atomic E-state index is 0.282. The fraction of sp³-hybridized carbons (Fsp3) is 0.455. The van der Waals surface area contributed by atoms with Crippen molar-refractivity contribution in [2.24, 2.45) is 5.14 Å². The van der Waals surface area contributed by atoms with Crippen LogP contribution < -0.4 is 5.14 Å². The topological polar surface area (TPSA) is 60.2 Å². The van der Waals surface area contributed by atoms with E-state index >= 15 is 0 Å². The molecule has 84 valence electrons. The van der Waals surface area contributed by atoms with Gasteiger partial charge < -0.3 is 0 Å². The molecule has 0 fully saturated rings. The first-order chi connectivity index (χ1) is 6.79. The zero-order valence-corrected chi connectivity index (χ0v) is 10.4. The summed E-state index contributed by atoms with van der Waals surface area (Å²) in [6, 6.07) is 1.88. The van der Waals surface area contributed by atoms with E-state index in [0.717, 1.165) is 28.7 Å². The number of primary sulfonamides is 1. The molecule has 0 heterocycles. The maximum atomic E-state index is 11.4. The van der Waals surface area contributed by atoms with Crippen molar-refractivity contribution in [2.75, 3.05) is 0 Å². The van der Waals surface area contributed by atoms with Gasteiger partial charge in [-0.2, -0.15) is 0 Å². The van der Waals surface area contributed by atoms with E-state index in [9.17, 15) is 8.42 Å². The molecule has 0 unspecified atom stereocenters. The SMILES string of the molecule is CCc1c(C)cc(C)c(S(N)(=O)=O)c1C. The quantitative estimate of drug-likeness (QED) is 0.837. The zero-order valence-electron chi connectivity index (χ0n) is 9.59. The molecule has 3 nitrogen and oxygen atoms in total. The van der Waals surface area contributed by atoms with Gasteiger partial charge in [0.1, 0.15) is 0 Å². The molecule has 1 aromatic carbocycles. The molecule has 0 atom stereocenters. The van der Waals surface area contributed by atoms with E-state index in [1.165, 1.54) is 0 Å². The lowest BCUT2D eigenvalue weighted by molar-refractivity contribution is 0.596. The molecule has 15 heavy (non-hydrogen) atoms. The summed E-state index contributed by atoms with van der Waals surface area (Å²) in [7, 11) is -3.61. The van der Waals surface area contributed by atoms with Crippen LogP contribution in [0, 0.1) is 20.8 Å². The van der Waals surface area contributed by atoms with E-state index in [1.54, 1.807) is 6.92 Å². The number of aryl methyl sites for hydroxylation is 2. The van der Waals surface area contributed by atoms with Crippen LogP contribution >= 0.6 is 0 Å². The third kappa shape index (κ3) is 2.21. The molecule has 0 aliphatic carbocycles. The van der Waals surface area contributed by atoms with E-state index < -0.39 is 10.0 Å². The predicted octanol–water partition coefficient (Wildman–Crippen LogP) is 1.82. The fourth-order valence-corrected chi connectivity index (χ4v) is 3.25. The molecule has 1 rings (SSSR count). The zero-order chi connectivity index (χ0) is 11.8. The molecule has 4 heteroatoms. The van der Waals surface area contributed by atoms with Gasteiger partial charge in [0.15, 0.2) is 0 Å². The summed E-state index contributed by atoms with van der Waals surface area (Å²) in [5, 5.41) is 5.20. The van der Waals surface area contributed by atoms with Gasteiger partial charge in [-0.05, 0) is 49.4 Å². The predicted molar refractivity (Wildman–Crippen MR) is 61.4 cm³/mol. The van der Waals surface area contributed by atoms with E-state index in [2.05, 4.69) is 0 Å². The number of nitrogens with two attached hydrogens (primary N) is 1. The van der Waals surface area contributed by atoms with Crippen LogP contribution in [0.3, 0.4) is 0 Å². The molecule has 1 aromatic rings. The summed E-state index contributed by atoms with van der Waals surface area (Å²) < 4.78 is 22.9. The van der Waals surface area contributed by atoms with E-state index in [1.807, 2.05) is 26.8 Å². The lowest BCUT2D eigenvalue weighted by Crippen LogP contribution is -2.16. The molecule has 0 aliphatic rings.